The van der Waals surface area contributed by atoms with Gasteiger partial charge in [0.25, 0.3) is 0 Å². The number of nitrogens with zero attached hydrogens (tertiary/aromatic N) is 2. The predicted molar refractivity (Wildman–Crippen MR) is 134 cm³/mol. The molecule has 3 fully saturated rings. The summed E-state index contributed by atoms with van der Waals surface area (Å²) < 4.78 is 0. The minimum absolute atomic E-state index is 0.119. The van der Waals surface area contributed by atoms with Gasteiger partial charge in [0.1, 0.15) is 11.6 Å². The average molecular weight is 451 g/mol. The third-order valence-electron chi connectivity index (χ3n) is 8.02. The van der Waals surface area contributed by atoms with E-state index in [0.29, 0.717) is 6.04 Å². The molecular formula is C28H30N6. The molecule has 7 rings (SSSR count). The zero-order valence-corrected chi connectivity index (χ0v) is 19.5. The predicted octanol–water partition coefficient (Wildman–Crippen LogP) is 5.08. The summed E-state index contributed by atoms with van der Waals surface area (Å²) in [6, 6.07) is 17.9. The number of rotatable bonds is 5. The Morgan fingerprint density at radius 3 is 2.24 bits per heavy atom. The lowest BCUT2D eigenvalue weighted by Crippen LogP contribution is -2.26. The largest absolute Gasteiger partial charge is 0.344 e. The fourth-order valence-corrected chi connectivity index (χ4v) is 5.93. The van der Waals surface area contributed by atoms with Gasteiger partial charge in [0.15, 0.2) is 0 Å². The number of nitrogens with one attached hydrogen (secondary N) is 4. The smallest absolute Gasteiger partial charge is 0.127 e. The summed E-state index contributed by atoms with van der Waals surface area (Å²) in [5.41, 5.74) is 8.15. The minimum atomic E-state index is 0.119. The number of benzene rings is 2. The molecule has 3 atom stereocenters. The molecule has 4 heterocycles. The van der Waals surface area contributed by atoms with Gasteiger partial charge in [-0.15, -0.1) is 0 Å². The molecule has 2 aromatic heterocycles. The van der Waals surface area contributed by atoms with Gasteiger partial charge in [-0.05, 0) is 68.3 Å². The fraction of sp³-hybridized carbons (Fsp3) is 0.357. The van der Waals surface area contributed by atoms with Crippen molar-refractivity contribution in [2.24, 2.45) is 5.92 Å². The summed E-state index contributed by atoms with van der Waals surface area (Å²) in [6.07, 6.45) is 6.80. The van der Waals surface area contributed by atoms with Crippen LogP contribution in [-0.2, 0) is 5.54 Å². The molecule has 0 radical (unpaired) electrons. The van der Waals surface area contributed by atoms with Gasteiger partial charge in [-0.2, -0.15) is 0 Å². The molecule has 4 N–H and O–H groups in total. The third kappa shape index (κ3) is 3.24. The van der Waals surface area contributed by atoms with Crippen molar-refractivity contribution in [3.63, 3.8) is 0 Å². The first-order valence-electron chi connectivity index (χ1n) is 12.5. The van der Waals surface area contributed by atoms with E-state index in [1.54, 1.807) is 0 Å². The Hall–Kier alpha value is -3.22. The van der Waals surface area contributed by atoms with E-state index < -0.39 is 0 Å². The number of hydrogen-bond acceptors (Lipinski definition) is 4. The Labute approximate surface area is 199 Å². The molecule has 34 heavy (non-hydrogen) atoms. The van der Waals surface area contributed by atoms with Crippen molar-refractivity contribution in [1.29, 1.82) is 0 Å². The Bertz CT molecular complexity index is 1330. The van der Waals surface area contributed by atoms with Gasteiger partial charge in [-0.1, -0.05) is 48.5 Å². The molecule has 172 valence electrons. The highest BCUT2D eigenvalue weighted by Crippen LogP contribution is 2.56. The van der Waals surface area contributed by atoms with Gasteiger partial charge in [-0.3, -0.25) is 0 Å². The lowest BCUT2D eigenvalue weighted by molar-refractivity contribution is 0.549. The average Bonchev–Trinajstić information content (AvgIpc) is 3.48. The van der Waals surface area contributed by atoms with Gasteiger partial charge in [0, 0.05) is 11.3 Å². The van der Waals surface area contributed by atoms with Crippen LogP contribution < -0.4 is 10.6 Å². The van der Waals surface area contributed by atoms with Crippen molar-refractivity contribution < 1.29 is 0 Å². The molecule has 0 bridgehead atoms. The highest BCUT2D eigenvalue weighted by Gasteiger charge is 2.60. The van der Waals surface area contributed by atoms with E-state index in [1.165, 1.54) is 30.4 Å². The zero-order chi connectivity index (χ0) is 22.7. The molecule has 2 aliphatic heterocycles. The maximum Gasteiger partial charge on any atom is 0.127 e. The quantitative estimate of drug-likeness (QED) is 0.342. The summed E-state index contributed by atoms with van der Waals surface area (Å²) in [4.78, 5) is 16.7. The molecule has 6 nitrogen and oxygen atoms in total. The number of piperidine rings is 1. The zero-order valence-electron chi connectivity index (χ0n) is 19.5. The van der Waals surface area contributed by atoms with Crippen LogP contribution in [-0.4, -0.2) is 33.0 Å². The van der Waals surface area contributed by atoms with E-state index in [0.717, 1.165) is 65.3 Å². The minimum Gasteiger partial charge on any atom is -0.344 e. The van der Waals surface area contributed by atoms with E-state index >= 15 is 0 Å². The van der Waals surface area contributed by atoms with Gasteiger partial charge >= 0.3 is 0 Å². The number of hydrogen-bond donors (Lipinski definition) is 4. The Balaban J connectivity index is 1.10. The topological polar surface area (TPSA) is 81.4 Å². The molecule has 0 spiro atoms. The van der Waals surface area contributed by atoms with Crippen LogP contribution in [0.1, 0.15) is 49.1 Å². The first-order chi connectivity index (χ1) is 16.7. The molecule has 0 unspecified atom stereocenters. The third-order valence-corrected chi connectivity index (χ3v) is 8.02. The molecule has 1 aliphatic carbocycles. The normalized spacial score (nSPS) is 25.6. The van der Waals surface area contributed by atoms with Crippen LogP contribution in [0.3, 0.4) is 0 Å². The molecule has 2 saturated heterocycles. The van der Waals surface area contributed by atoms with Crippen molar-refractivity contribution >= 4 is 0 Å². The second-order valence-corrected chi connectivity index (χ2v) is 10.1. The van der Waals surface area contributed by atoms with Gasteiger partial charge in [0.05, 0.1) is 29.2 Å². The summed E-state index contributed by atoms with van der Waals surface area (Å²) in [5, 5.41) is 7.18. The summed E-state index contributed by atoms with van der Waals surface area (Å²) in [7, 11) is 0. The van der Waals surface area contributed by atoms with Crippen LogP contribution in [0, 0.1) is 12.8 Å². The summed E-state index contributed by atoms with van der Waals surface area (Å²) in [5.74, 6) is 2.92. The standard InChI is InChI=1S/C28H30N6/c1-17-25(34-27(32-17)28-15-22(28)12-14-31-28)21-10-6-19(7-11-21)18-4-8-20(9-5-18)24-16-30-26(33-24)23-3-2-13-29-23/h4-11,16,22-23,29,31H,2-3,12-15H2,1H3,(H,30,33)(H,32,34)/t22-,23-,28+/m0/s1. The van der Waals surface area contributed by atoms with E-state index in [4.69, 9.17) is 4.98 Å². The lowest BCUT2D eigenvalue weighted by atomic mass is 10.0. The van der Waals surface area contributed by atoms with Crippen molar-refractivity contribution in [2.45, 2.75) is 44.2 Å². The molecule has 6 heteroatoms. The Kier molecular flexibility index (Phi) is 4.54. The molecule has 2 aromatic carbocycles. The van der Waals surface area contributed by atoms with Gasteiger partial charge in [-0.25, -0.2) is 9.97 Å². The highest BCUT2D eigenvalue weighted by molar-refractivity contribution is 5.72. The van der Waals surface area contributed by atoms with E-state index in [2.05, 4.69) is 81.0 Å². The number of aromatic nitrogens is 4. The van der Waals surface area contributed by atoms with Crippen LogP contribution in [0.4, 0.5) is 0 Å². The van der Waals surface area contributed by atoms with Crippen LogP contribution in [0.5, 0.6) is 0 Å². The van der Waals surface area contributed by atoms with Crippen LogP contribution >= 0.6 is 0 Å². The van der Waals surface area contributed by atoms with Crippen molar-refractivity contribution in [3.8, 4) is 33.6 Å². The maximum atomic E-state index is 5.02. The number of imidazole rings is 2. The van der Waals surface area contributed by atoms with Crippen LogP contribution in [0.2, 0.25) is 0 Å². The molecule has 3 aliphatic rings. The van der Waals surface area contributed by atoms with E-state index in [9.17, 15) is 0 Å². The van der Waals surface area contributed by atoms with Crippen LogP contribution in [0.25, 0.3) is 33.6 Å². The lowest BCUT2D eigenvalue weighted by Gasteiger charge is -2.09. The number of fused-ring (bicyclic) bond motifs is 1. The van der Waals surface area contributed by atoms with Gasteiger partial charge in [0.2, 0.25) is 0 Å². The first kappa shape index (κ1) is 20.2. The van der Waals surface area contributed by atoms with Crippen molar-refractivity contribution in [1.82, 2.24) is 30.6 Å². The van der Waals surface area contributed by atoms with Gasteiger partial charge < -0.3 is 20.6 Å². The second kappa shape index (κ2) is 7.65. The monoisotopic (exact) mass is 450 g/mol. The van der Waals surface area contributed by atoms with E-state index in [1.807, 2.05) is 6.20 Å². The van der Waals surface area contributed by atoms with E-state index in [-0.39, 0.29) is 5.54 Å². The first-order valence-corrected chi connectivity index (χ1v) is 12.5. The summed E-state index contributed by atoms with van der Waals surface area (Å²) >= 11 is 0. The Morgan fingerprint density at radius 2 is 1.59 bits per heavy atom. The number of H-pyrrole nitrogens is 2. The molecule has 0 amide bonds. The fourth-order valence-electron chi connectivity index (χ4n) is 5.93. The number of aryl methyl sites for hydroxylation is 1. The van der Waals surface area contributed by atoms with Crippen LogP contribution in [0.15, 0.2) is 54.7 Å². The molecule has 1 saturated carbocycles. The second-order valence-electron chi connectivity index (χ2n) is 10.1. The maximum absolute atomic E-state index is 5.02. The molecule has 4 aromatic rings. The Morgan fingerprint density at radius 1 is 0.853 bits per heavy atom. The SMILES string of the molecule is Cc1[nH]c([C@@]23C[C@@H]2CCN3)nc1-c1ccc(-c2ccc(-c3cnc([C@@H]4CCCN4)[nH]3)cc2)cc1. The molecular weight excluding hydrogens is 420 g/mol. The highest BCUT2D eigenvalue weighted by atomic mass is 15.2. The summed E-state index contributed by atoms with van der Waals surface area (Å²) in [6.45, 7) is 4.31. The van der Waals surface area contributed by atoms with Crippen molar-refractivity contribution in [2.75, 3.05) is 13.1 Å². The number of aromatic amines is 2. The van der Waals surface area contributed by atoms with Crippen molar-refractivity contribution in [3.05, 3.63) is 72.1 Å².